The van der Waals surface area contributed by atoms with Gasteiger partial charge in [0.2, 0.25) is 0 Å². The molecular formula is C40H38N2O. The highest BCUT2D eigenvalue weighted by atomic mass is 16.3. The Balaban J connectivity index is 1.60. The van der Waals surface area contributed by atoms with Gasteiger partial charge in [0.1, 0.15) is 17.0 Å². The van der Waals surface area contributed by atoms with Gasteiger partial charge in [0.25, 0.3) is 0 Å². The van der Waals surface area contributed by atoms with E-state index in [4.69, 9.17) is 9.40 Å². The highest BCUT2D eigenvalue weighted by molar-refractivity contribution is 6.11. The second-order valence-electron chi connectivity index (χ2n) is 12.6. The van der Waals surface area contributed by atoms with Crippen molar-refractivity contribution in [2.75, 3.05) is 0 Å². The van der Waals surface area contributed by atoms with E-state index in [9.17, 15) is 0 Å². The summed E-state index contributed by atoms with van der Waals surface area (Å²) >= 11 is 0. The molecule has 0 aliphatic heterocycles. The van der Waals surface area contributed by atoms with Gasteiger partial charge in [-0.05, 0) is 114 Å². The standard InChI is InChI=1S/C40H38N2O/c1-23(2)31-21-29(28-13-9-8-10-14-28)22-32(24(3)4)38(31)42-35-16-12-11-15-34(35)41-40(42)30-18-17-25(5)37-33-19-26(6)27(7)20-36(33)43-39(30)37/h8-24H,1-7H3. The molecule has 2 aromatic heterocycles. The van der Waals surface area contributed by atoms with E-state index in [0.717, 1.165) is 39.0 Å². The van der Waals surface area contributed by atoms with Crippen LogP contribution in [-0.4, -0.2) is 9.55 Å². The summed E-state index contributed by atoms with van der Waals surface area (Å²) in [5.41, 5.74) is 15.0. The number of hydrogen-bond donors (Lipinski definition) is 0. The number of hydrogen-bond acceptors (Lipinski definition) is 2. The molecule has 0 saturated carbocycles. The lowest BCUT2D eigenvalue weighted by Gasteiger charge is -2.24. The zero-order valence-corrected chi connectivity index (χ0v) is 26.1. The van der Waals surface area contributed by atoms with Crippen LogP contribution in [-0.2, 0) is 0 Å². The Bertz CT molecular complexity index is 2130. The molecule has 0 saturated heterocycles. The molecule has 7 aromatic rings. The Labute approximate surface area is 253 Å². The number of nitrogens with zero attached hydrogens (tertiary/aromatic N) is 2. The number of para-hydroxylation sites is 2. The van der Waals surface area contributed by atoms with Gasteiger partial charge < -0.3 is 4.42 Å². The molecule has 2 heterocycles. The first-order valence-electron chi connectivity index (χ1n) is 15.4. The molecule has 7 rings (SSSR count). The number of benzene rings is 5. The summed E-state index contributed by atoms with van der Waals surface area (Å²) in [6, 6.07) is 32.9. The van der Waals surface area contributed by atoms with Crippen molar-refractivity contribution >= 4 is 33.0 Å². The molecule has 0 spiro atoms. The maximum atomic E-state index is 6.72. The van der Waals surface area contributed by atoms with Crippen molar-refractivity contribution in [1.29, 1.82) is 0 Å². The van der Waals surface area contributed by atoms with Crippen LogP contribution in [0.2, 0.25) is 0 Å². The molecular weight excluding hydrogens is 524 g/mol. The van der Waals surface area contributed by atoms with Crippen LogP contribution in [0.4, 0.5) is 0 Å². The zero-order valence-electron chi connectivity index (χ0n) is 26.1. The van der Waals surface area contributed by atoms with Crippen LogP contribution < -0.4 is 0 Å². The van der Waals surface area contributed by atoms with Crippen LogP contribution >= 0.6 is 0 Å². The summed E-state index contributed by atoms with van der Waals surface area (Å²) in [4.78, 5) is 5.33. The largest absolute Gasteiger partial charge is 0.455 e. The molecule has 5 aromatic carbocycles. The minimum atomic E-state index is 0.306. The molecule has 0 bridgehead atoms. The summed E-state index contributed by atoms with van der Waals surface area (Å²) in [6.07, 6.45) is 0. The molecule has 0 unspecified atom stereocenters. The van der Waals surface area contributed by atoms with Gasteiger partial charge in [-0.15, -0.1) is 0 Å². The Kier molecular flexibility index (Phi) is 6.50. The van der Waals surface area contributed by atoms with E-state index in [2.05, 4.69) is 144 Å². The fourth-order valence-corrected chi connectivity index (χ4v) is 6.53. The van der Waals surface area contributed by atoms with Crippen molar-refractivity contribution in [1.82, 2.24) is 9.55 Å². The predicted molar refractivity (Wildman–Crippen MR) is 182 cm³/mol. The van der Waals surface area contributed by atoms with Gasteiger partial charge in [-0.2, -0.15) is 0 Å². The summed E-state index contributed by atoms with van der Waals surface area (Å²) < 4.78 is 9.13. The molecule has 3 heteroatoms. The van der Waals surface area contributed by atoms with Crippen LogP contribution in [0.15, 0.2) is 95.4 Å². The molecule has 0 atom stereocenters. The van der Waals surface area contributed by atoms with Gasteiger partial charge in [0.15, 0.2) is 0 Å². The summed E-state index contributed by atoms with van der Waals surface area (Å²) in [7, 11) is 0. The molecule has 214 valence electrons. The monoisotopic (exact) mass is 562 g/mol. The quantitative estimate of drug-likeness (QED) is 0.209. The Morgan fingerprint density at radius 3 is 2.00 bits per heavy atom. The topological polar surface area (TPSA) is 31.0 Å². The number of aryl methyl sites for hydroxylation is 3. The minimum Gasteiger partial charge on any atom is -0.455 e. The lowest BCUT2D eigenvalue weighted by atomic mass is 9.88. The minimum absolute atomic E-state index is 0.306. The van der Waals surface area contributed by atoms with Crippen molar-refractivity contribution < 1.29 is 4.42 Å². The number of imidazole rings is 1. The van der Waals surface area contributed by atoms with E-state index in [1.807, 2.05) is 0 Å². The molecule has 3 nitrogen and oxygen atoms in total. The smallest absolute Gasteiger partial charge is 0.149 e. The first-order chi connectivity index (χ1) is 20.7. The average Bonchev–Trinajstić information content (AvgIpc) is 3.56. The third-order valence-electron chi connectivity index (χ3n) is 8.99. The molecule has 0 aliphatic rings. The summed E-state index contributed by atoms with van der Waals surface area (Å²) in [6.45, 7) is 15.7. The van der Waals surface area contributed by atoms with Crippen LogP contribution in [0.25, 0.3) is 61.2 Å². The van der Waals surface area contributed by atoms with E-state index in [1.165, 1.54) is 50.0 Å². The van der Waals surface area contributed by atoms with Crippen LogP contribution in [0.3, 0.4) is 0 Å². The maximum absolute atomic E-state index is 6.72. The molecule has 0 radical (unpaired) electrons. The molecule has 0 amide bonds. The highest BCUT2D eigenvalue weighted by Crippen LogP contribution is 2.43. The second-order valence-corrected chi connectivity index (χ2v) is 12.6. The van der Waals surface area contributed by atoms with Crippen LogP contribution in [0, 0.1) is 20.8 Å². The molecule has 0 aliphatic carbocycles. The highest BCUT2D eigenvalue weighted by Gasteiger charge is 2.26. The van der Waals surface area contributed by atoms with Crippen molar-refractivity contribution in [3.05, 3.63) is 119 Å². The summed E-state index contributed by atoms with van der Waals surface area (Å²) in [5.74, 6) is 1.52. The van der Waals surface area contributed by atoms with Crippen molar-refractivity contribution in [3.8, 4) is 28.2 Å². The number of fused-ring (bicyclic) bond motifs is 4. The summed E-state index contributed by atoms with van der Waals surface area (Å²) in [5, 5.41) is 2.33. The van der Waals surface area contributed by atoms with Gasteiger partial charge in [-0.1, -0.05) is 76.2 Å². The SMILES string of the molecule is Cc1cc2oc3c(-c4nc5ccccc5n4-c4c(C(C)C)cc(-c5ccccc5)cc4C(C)C)ccc(C)c3c2cc1C. The number of rotatable bonds is 5. The van der Waals surface area contributed by atoms with Crippen molar-refractivity contribution in [2.45, 2.75) is 60.3 Å². The predicted octanol–water partition coefficient (Wildman–Crippen LogP) is 11.4. The van der Waals surface area contributed by atoms with E-state index in [-0.39, 0.29) is 0 Å². The van der Waals surface area contributed by atoms with Crippen molar-refractivity contribution in [2.24, 2.45) is 0 Å². The van der Waals surface area contributed by atoms with Crippen molar-refractivity contribution in [3.63, 3.8) is 0 Å². The maximum Gasteiger partial charge on any atom is 0.149 e. The van der Waals surface area contributed by atoms with E-state index in [1.54, 1.807) is 0 Å². The Hall–Kier alpha value is -4.63. The lowest BCUT2D eigenvalue weighted by molar-refractivity contribution is 0.668. The fourth-order valence-electron chi connectivity index (χ4n) is 6.53. The van der Waals surface area contributed by atoms with Gasteiger partial charge >= 0.3 is 0 Å². The normalized spacial score (nSPS) is 12.0. The molecule has 0 N–H and O–H groups in total. The second kappa shape index (κ2) is 10.3. The van der Waals surface area contributed by atoms with Gasteiger partial charge in [0.05, 0.1) is 22.3 Å². The van der Waals surface area contributed by atoms with Crippen LogP contribution in [0.1, 0.15) is 67.3 Å². The molecule has 43 heavy (non-hydrogen) atoms. The lowest BCUT2D eigenvalue weighted by Crippen LogP contribution is -2.09. The average molecular weight is 563 g/mol. The van der Waals surface area contributed by atoms with E-state index >= 15 is 0 Å². The fraction of sp³-hybridized carbons (Fsp3) is 0.225. The third-order valence-corrected chi connectivity index (χ3v) is 8.99. The van der Waals surface area contributed by atoms with Crippen LogP contribution in [0.5, 0.6) is 0 Å². The van der Waals surface area contributed by atoms with Gasteiger partial charge in [0, 0.05) is 10.8 Å². The van der Waals surface area contributed by atoms with E-state index in [0.29, 0.717) is 11.8 Å². The number of furan rings is 1. The number of aromatic nitrogens is 2. The first-order valence-corrected chi connectivity index (χ1v) is 15.4. The first kappa shape index (κ1) is 27.2. The Morgan fingerprint density at radius 1 is 0.651 bits per heavy atom. The zero-order chi connectivity index (χ0) is 30.0. The van der Waals surface area contributed by atoms with E-state index < -0.39 is 0 Å². The van der Waals surface area contributed by atoms with Gasteiger partial charge in [-0.25, -0.2) is 4.98 Å². The third kappa shape index (κ3) is 4.38. The van der Waals surface area contributed by atoms with Gasteiger partial charge in [-0.3, -0.25) is 4.57 Å². The molecule has 0 fully saturated rings. The Morgan fingerprint density at radius 2 is 1.30 bits per heavy atom.